The summed E-state index contributed by atoms with van der Waals surface area (Å²) >= 11 is 0. The Bertz CT molecular complexity index is 2530. The van der Waals surface area contributed by atoms with E-state index in [-0.39, 0.29) is 12.1 Å². The number of aryl methyl sites for hydroxylation is 1. The van der Waals surface area contributed by atoms with Gasteiger partial charge < -0.3 is 4.90 Å². The standard InChI is InChI=1S/C51H46N2/c1-5-36-25-27-41-32-52(31-34(3)43(6-2)47(41)35(36)4)50(39-19-9-7-10-20-39)51(40-21-11-8-12-22-40)53-33-42-28-26-37-17-13-15-23-44(37)48(42)49-45-24-16-14-18-38(45)29-30-46(49)53/h6-30,50-51H,3,5,31-33H2,1-2,4H3. The topological polar surface area (TPSA) is 6.48 Å². The molecule has 0 spiro atoms. The van der Waals surface area contributed by atoms with Crippen LogP contribution in [0.5, 0.6) is 0 Å². The molecule has 0 saturated carbocycles. The van der Waals surface area contributed by atoms with Crippen molar-refractivity contribution in [3.05, 3.63) is 203 Å². The highest BCUT2D eigenvalue weighted by molar-refractivity contribution is 6.12. The van der Waals surface area contributed by atoms with E-state index in [2.05, 4.69) is 182 Å². The zero-order valence-electron chi connectivity index (χ0n) is 31.0. The maximum absolute atomic E-state index is 4.80. The van der Waals surface area contributed by atoms with Crippen LogP contribution in [-0.4, -0.2) is 11.4 Å². The molecule has 0 bridgehead atoms. The van der Waals surface area contributed by atoms with Gasteiger partial charge >= 0.3 is 0 Å². The van der Waals surface area contributed by atoms with Crippen LogP contribution in [0.25, 0.3) is 38.2 Å². The Morgan fingerprint density at radius 2 is 1.15 bits per heavy atom. The molecule has 7 aromatic rings. The minimum absolute atomic E-state index is 0.00227. The molecule has 260 valence electrons. The van der Waals surface area contributed by atoms with E-state index in [0.717, 1.165) is 26.1 Å². The molecule has 0 aliphatic carbocycles. The quantitative estimate of drug-likeness (QED) is 0.172. The number of fused-ring (bicyclic) bond motifs is 8. The number of benzene rings is 7. The molecule has 9 rings (SSSR count). The second-order valence-corrected chi connectivity index (χ2v) is 14.8. The lowest BCUT2D eigenvalue weighted by Gasteiger charge is -2.46. The van der Waals surface area contributed by atoms with Crippen LogP contribution in [-0.2, 0) is 19.5 Å². The van der Waals surface area contributed by atoms with Gasteiger partial charge in [-0.25, -0.2) is 0 Å². The second kappa shape index (κ2) is 13.7. The predicted octanol–water partition coefficient (Wildman–Crippen LogP) is 12.8. The molecule has 2 nitrogen and oxygen atoms in total. The molecule has 2 atom stereocenters. The Hall–Kier alpha value is -5.70. The third-order valence-electron chi connectivity index (χ3n) is 11.9. The lowest BCUT2D eigenvalue weighted by molar-refractivity contribution is 0.175. The molecule has 0 aromatic heterocycles. The maximum atomic E-state index is 4.80. The number of allylic oxidation sites excluding steroid dienone is 1. The van der Waals surface area contributed by atoms with Gasteiger partial charge in [0, 0.05) is 30.9 Å². The van der Waals surface area contributed by atoms with Gasteiger partial charge in [0.05, 0.1) is 12.1 Å². The van der Waals surface area contributed by atoms with Gasteiger partial charge in [-0.1, -0.05) is 159 Å². The van der Waals surface area contributed by atoms with Crippen LogP contribution in [0.15, 0.2) is 164 Å². The first kappa shape index (κ1) is 33.2. The average molecular weight is 687 g/mol. The van der Waals surface area contributed by atoms with Gasteiger partial charge in [0.2, 0.25) is 0 Å². The molecule has 2 heteroatoms. The van der Waals surface area contributed by atoms with E-state index in [9.17, 15) is 0 Å². The predicted molar refractivity (Wildman–Crippen MR) is 225 cm³/mol. The number of rotatable bonds is 6. The summed E-state index contributed by atoms with van der Waals surface area (Å²) in [5.41, 5.74) is 16.0. The molecule has 7 aromatic carbocycles. The van der Waals surface area contributed by atoms with Gasteiger partial charge in [-0.05, 0) is 104 Å². The number of hydrogen-bond donors (Lipinski definition) is 0. The van der Waals surface area contributed by atoms with Crippen LogP contribution in [0, 0.1) is 6.92 Å². The molecule has 0 radical (unpaired) electrons. The minimum atomic E-state index is -0.00227. The van der Waals surface area contributed by atoms with Gasteiger partial charge in [0.1, 0.15) is 0 Å². The summed E-state index contributed by atoms with van der Waals surface area (Å²) in [5, 5.41) is 5.17. The Balaban J connectivity index is 1.30. The Morgan fingerprint density at radius 1 is 0.585 bits per heavy atom. The summed E-state index contributed by atoms with van der Waals surface area (Å²) in [6.45, 7) is 14.0. The van der Waals surface area contributed by atoms with Gasteiger partial charge in [-0.15, -0.1) is 0 Å². The largest absolute Gasteiger partial charge is 0.358 e. The monoisotopic (exact) mass is 686 g/mol. The van der Waals surface area contributed by atoms with Crippen molar-refractivity contribution in [3.63, 3.8) is 0 Å². The van der Waals surface area contributed by atoms with E-state index >= 15 is 0 Å². The van der Waals surface area contributed by atoms with Crippen molar-refractivity contribution in [2.24, 2.45) is 0 Å². The summed E-state index contributed by atoms with van der Waals surface area (Å²) in [6.07, 6.45) is 3.31. The van der Waals surface area contributed by atoms with Crippen LogP contribution in [0.3, 0.4) is 0 Å². The Morgan fingerprint density at radius 3 is 1.81 bits per heavy atom. The van der Waals surface area contributed by atoms with Crippen LogP contribution in [0.1, 0.15) is 64.9 Å². The highest BCUT2D eigenvalue weighted by Gasteiger charge is 2.40. The van der Waals surface area contributed by atoms with Crippen LogP contribution >= 0.6 is 0 Å². The minimum Gasteiger partial charge on any atom is -0.358 e. The van der Waals surface area contributed by atoms with Gasteiger partial charge in [-0.3, -0.25) is 4.90 Å². The second-order valence-electron chi connectivity index (χ2n) is 14.8. The fourth-order valence-corrected chi connectivity index (χ4v) is 9.48. The number of anilines is 1. The average Bonchev–Trinajstić information content (AvgIpc) is 3.35. The molecule has 2 aliphatic rings. The van der Waals surface area contributed by atoms with Gasteiger partial charge in [0.25, 0.3) is 0 Å². The van der Waals surface area contributed by atoms with Crippen molar-refractivity contribution >= 4 is 32.8 Å². The van der Waals surface area contributed by atoms with Crippen LogP contribution in [0.2, 0.25) is 0 Å². The lowest BCUT2D eigenvalue weighted by atomic mass is 9.83. The summed E-state index contributed by atoms with van der Waals surface area (Å²) in [7, 11) is 0. The van der Waals surface area contributed by atoms with Crippen LogP contribution in [0.4, 0.5) is 5.69 Å². The van der Waals surface area contributed by atoms with Gasteiger partial charge in [-0.2, -0.15) is 0 Å². The third kappa shape index (κ3) is 5.61. The van der Waals surface area contributed by atoms with Crippen LogP contribution < -0.4 is 4.90 Å². The zero-order valence-corrected chi connectivity index (χ0v) is 31.0. The van der Waals surface area contributed by atoms with Crippen molar-refractivity contribution < 1.29 is 0 Å². The van der Waals surface area contributed by atoms with Crippen molar-refractivity contribution in [2.45, 2.75) is 52.4 Å². The maximum Gasteiger partial charge on any atom is 0.0743 e. The number of hydrogen-bond acceptors (Lipinski definition) is 2. The molecule has 53 heavy (non-hydrogen) atoms. The fourth-order valence-electron chi connectivity index (χ4n) is 9.48. The fraction of sp³-hybridized carbons (Fsp3) is 0.176. The lowest BCUT2D eigenvalue weighted by Crippen LogP contribution is -2.42. The first-order valence-electron chi connectivity index (χ1n) is 19.1. The SMILES string of the molecule is C=C1CN(C(c2ccccc2)C(c2ccccc2)N2Cc3ccc4ccccc4c3-c3c2ccc2ccccc32)Cc2ccc(CC)c(C)c2C1=CC. The highest BCUT2D eigenvalue weighted by atomic mass is 15.3. The summed E-state index contributed by atoms with van der Waals surface area (Å²) in [6, 6.07) is 54.5. The molecule has 0 N–H and O–H groups in total. The smallest absolute Gasteiger partial charge is 0.0743 e. The zero-order chi connectivity index (χ0) is 36.1. The Kier molecular flexibility index (Phi) is 8.57. The Labute approximate surface area is 314 Å². The van der Waals surface area contributed by atoms with Crippen molar-refractivity contribution in [1.82, 2.24) is 4.90 Å². The van der Waals surface area contributed by atoms with Crippen molar-refractivity contribution in [2.75, 3.05) is 11.4 Å². The van der Waals surface area contributed by atoms with Crippen molar-refractivity contribution in [1.29, 1.82) is 0 Å². The number of nitrogens with zero attached hydrogens (tertiary/aromatic N) is 2. The highest BCUT2D eigenvalue weighted by Crippen LogP contribution is 2.52. The molecule has 0 fully saturated rings. The summed E-state index contributed by atoms with van der Waals surface area (Å²) in [5.74, 6) is 0. The van der Waals surface area contributed by atoms with Gasteiger partial charge in [0.15, 0.2) is 0 Å². The normalized spacial score (nSPS) is 16.2. The van der Waals surface area contributed by atoms with E-state index in [1.807, 2.05) is 0 Å². The summed E-state index contributed by atoms with van der Waals surface area (Å²) in [4.78, 5) is 5.44. The van der Waals surface area contributed by atoms with E-state index < -0.39 is 0 Å². The molecule has 0 amide bonds. The molecular weight excluding hydrogens is 641 g/mol. The molecular formula is C51H46N2. The first-order chi connectivity index (χ1) is 26.1. The van der Waals surface area contributed by atoms with E-state index in [1.54, 1.807) is 0 Å². The van der Waals surface area contributed by atoms with E-state index in [0.29, 0.717) is 0 Å². The summed E-state index contributed by atoms with van der Waals surface area (Å²) < 4.78 is 0. The molecule has 0 saturated heterocycles. The van der Waals surface area contributed by atoms with E-state index in [1.165, 1.54) is 88.4 Å². The van der Waals surface area contributed by atoms with E-state index in [4.69, 9.17) is 6.58 Å². The third-order valence-corrected chi connectivity index (χ3v) is 11.9. The molecule has 2 unspecified atom stereocenters. The van der Waals surface area contributed by atoms with Crippen molar-refractivity contribution in [3.8, 4) is 11.1 Å². The molecule has 2 heterocycles. The molecule has 2 aliphatic heterocycles. The first-order valence-corrected chi connectivity index (χ1v) is 19.1.